The van der Waals surface area contributed by atoms with Crippen LogP contribution in [0.4, 0.5) is 0 Å². The Morgan fingerprint density at radius 3 is 2.61 bits per heavy atom. The third-order valence-electron chi connectivity index (χ3n) is 3.76. The van der Waals surface area contributed by atoms with Gasteiger partial charge in [-0.25, -0.2) is 4.98 Å². The molecule has 2 heterocycles. The van der Waals surface area contributed by atoms with Gasteiger partial charge in [-0.3, -0.25) is 4.98 Å². The second-order valence-corrected chi connectivity index (χ2v) is 6.19. The third-order valence-corrected chi connectivity index (χ3v) is 4.65. The maximum absolute atomic E-state index is 10.5. The van der Waals surface area contributed by atoms with Crippen molar-refractivity contribution in [3.8, 4) is 11.3 Å². The van der Waals surface area contributed by atoms with Crippen LogP contribution in [-0.2, 0) is 0 Å². The van der Waals surface area contributed by atoms with Crippen LogP contribution in [0.2, 0.25) is 0 Å². The van der Waals surface area contributed by atoms with Crippen molar-refractivity contribution in [2.24, 2.45) is 0 Å². The molecule has 0 aliphatic heterocycles. The summed E-state index contributed by atoms with van der Waals surface area (Å²) in [5.74, 6) is 0. The number of thiazole rings is 1. The molecule has 0 bridgehead atoms. The number of aliphatic hydroxyl groups is 1. The Bertz CT molecular complexity index is 950. The Morgan fingerprint density at radius 1 is 0.957 bits per heavy atom. The van der Waals surface area contributed by atoms with E-state index in [9.17, 15) is 5.11 Å². The van der Waals surface area contributed by atoms with Crippen molar-refractivity contribution in [1.82, 2.24) is 9.97 Å². The summed E-state index contributed by atoms with van der Waals surface area (Å²) in [6, 6.07) is 19.7. The van der Waals surface area contributed by atoms with Crippen LogP contribution < -0.4 is 0 Å². The first-order valence-corrected chi connectivity index (χ1v) is 8.23. The molecule has 0 fully saturated rings. The largest absolute Gasteiger partial charge is 0.381 e. The fourth-order valence-corrected chi connectivity index (χ4v) is 3.37. The number of hydrogen-bond acceptors (Lipinski definition) is 4. The molecule has 0 saturated heterocycles. The van der Waals surface area contributed by atoms with Crippen LogP contribution in [0, 0.1) is 0 Å². The van der Waals surface area contributed by atoms with Gasteiger partial charge in [-0.2, -0.15) is 0 Å². The van der Waals surface area contributed by atoms with Crippen molar-refractivity contribution < 1.29 is 5.11 Å². The van der Waals surface area contributed by atoms with E-state index in [1.807, 2.05) is 66.2 Å². The summed E-state index contributed by atoms with van der Waals surface area (Å²) in [5, 5.41) is 14.2. The zero-order chi connectivity index (χ0) is 15.6. The summed E-state index contributed by atoms with van der Waals surface area (Å²) in [6.07, 6.45) is 1.14. The zero-order valence-electron chi connectivity index (χ0n) is 12.3. The van der Waals surface area contributed by atoms with Crippen molar-refractivity contribution in [3.05, 3.63) is 82.8 Å². The first-order valence-electron chi connectivity index (χ1n) is 7.35. The van der Waals surface area contributed by atoms with E-state index in [1.54, 1.807) is 0 Å². The molecule has 0 saturated carbocycles. The van der Waals surface area contributed by atoms with E-state index in [0.29, 0.717) is 5.01 Å². The first-order chi connectivity index (χ1) is 11.3. The Kier molecular flexibility index (Phi) is 3.61. The molecule has 1 atom stereocenters. The van der Waals surface area contributed by atoms with Gasteiger partial charge in [0, 0.05) is 22.5 Å². The molecule has 112 valence electrons. The van der Waals surface area contributed by atoms with Gasteiger partial charge in [0.2, 0.25) is 0 Å². The molecule has 23 heavy (non-hydrogen) atoms. The maximum atomic E-state index is 10.5. The van der Waals surface area contributed by atoms with Gasteiger partial charge in [-0.05, 0) is 17.7 Å². The highest BCUT2D eigenvalue weighted by Gasteiger charge is 2.15. The van der Waals surface area contributed by atoms with Gasteiger partial charge < -0.3 is 5.11 Å². The molecule has 2 aromatic heterocycles. The summed E-state index contributed by atoms with van der Waals surface area (Å²) in [4.78, 5) is 9.06. The highest BCUT2D eigenvalue weighted by atomic mass is 32.1. The normalized spacial score (nSPS) is 12.4. The molecule has 3 nitrogen and oxygen atoms in total. The third kappa shape index (κ3) is 2.74. The van der Waals surface area contributed by atoms with Gasteiger partial charge >= 0.3 is 0 Å². The minimum Gasteiger partial charge on any atom is -0.381 e. The highest BCUT2D eigenvalue weighted by molar-refractivity contribution is 7.10. The Hall–Kier alpha value is -2.56. The van der Waals surface area contributed by atoms with Crippen LogP contribution in [0.5, 0.6) is 0 Å². The van der Waals surface area contributed by atoms with Gasteiger partial charge in [0.1, 0.15) is 11.1 Å². The van der Waals surface area contributed by atoms with Crippen molar-refractivity contribution in [2.75, 3.05) is 0 Å². The number of aromatic nitrogens is 2. The van der Waals surface area contributed by atoms with Crippen LogP contribution in [0.25, 0.3) is 22.2 Å². The summed E-state index contributed by atoms with van der Waals surface area (Å²) in [6.45, 7) is 0. The fraction of sp³-hybridized carbons (Fsp3) is 0.0526. The van der Waals surface area contributed by atoms with Crippen LogP contribution in [0.15, 0.2) is 72.2 Å². The van der Waals surface area contributed by atoms with Crippen LogP contribution >= 0.6 is 11.3 Å². The van der Waals surface area contributed by atoms with Gasteiger partial charge in [0.05, 0.1) is 11.2 Å². The standard InChI is InChI=1S/C19H14N2OS/c22-18(13-6-2-1-3-7-13)19-21-17(12-23-19)15-10-14-8-4-5-9-16(14)20-11-15/h1-12,18,22H. The molecular weight excluding hydrogens is 304 g/mol. The molecule has 4 rings (SSSR count). The summed E-state index contributed by atoms with van der Waals surface area (Å²) >= 11 is 1.46. The van der Waals surface area contributed by atoms with Crippen LogP contribution in [-0.4, -0.2) is 15.1 Å². The molecule has 0 aliphatic rings. The molecule has 0 spiro atoms. The topological polar surface area (TPSA) is 46.0 Å². The minimum atomic E-state index is -0.691. The van der Waals surface area contributed by atoms with Crippen molar-refractivity contribution in [1.29, 1.82) is 0 Å². The molecule has 0 aliphatic carbocycles. The molecule has 0 amide bonds. The Balaban J connectivity index is 1.69. The summed E-state index contributed by atoms with van der Waals surface area (Å²) in [7, 11) is 0. The van der Waals surface area contributed by atoms with Gasteiger partial charge in [0.15, 0.2) is 0 Å². The number of rotatable bonds is 3. The Morgan fingerprint density at radius 2 is 1.74 bits per heavy atom. The minimum absolute atomic E-state index is 0.691. The number of benzene rings is 2. The number of hydrogen-bond donors (Lipinski definition) is 1. The molecule has 4 heteroatoms. The van der Waals surface area contributed by atoms with E-state index in [4.69, 9.17) is 0 Å². The lowest BCUT2D eigenvalue weighted by Crippen LogP contribution is -1.98. The van der Waals surface area contributed by atoms with Gasteiger partial charge in [0.25, 0.3) is 0 Å². The van der Waals surface area contributed by atoms with Crippen LogP contribution in [0.1, 0.15) is 16.7 Å². The lowest BCUT2D eigenvalue weighted by Gasteiger charge is -2.07. The van der Waals surface area contributed by atoms with Crippen LogP contribution in [0.3, 0.4) is 0 Å². The second-order valence-electron chi connectivity index (χ2n) is 5.30. The summed E-state index contributed by atoms with van der Waals surface area (Å²) in [5.41, 5.74) is 3.63. The monoisotopic (exact) mass is 318 g/mol. The maximum Gasteiger partial charge on any atom is 0.131 e. The number of pyridine rings is 1. The summed E-state index contributed by atoms with van der Waals surface area (Å²) < 4.78 is 0. The average Bonchev–Trinajstić information content (AvgIpc) is 3.11. The van der Waals surface area contributed by atoms with E-state index < -0.39 is 6.10 Å². The number of aliphatic hydroxyl groups excluding tert-OH is 1. The molecule has 1 N–H and O–H groups in total. The molecule has 0 radical (unpaired) electrons. The van der Waals surface area contributed by atoms with Crippen molar-refractivity contribution in [3.63, 3.8) is 0 Å². The van der Waals surface area contributed by atoms with E-state index in [-0.39, 0.29) is 0 Å². The molecule has 4 aromatic rings. The molecular formula is C19H14N2OS. The second kappa shape index (κ2) is 5.91. The first kappa shape index (κ1) is 14.1. The van der Waals surface area contributed by atoms with Crippen molar-refractivity contribution in [2.45, 2.75) is 6.10 Å². The average molecular weight is 318 g/mol. The molecule has 1 unspecified atom stereocenters. The van der Waals surface area contributed by atoms with E-state index in [0.717, 1.165) is 27.7 Å². The number of fused-ring (bicyclic) bond motifs is 1. The van der Waals surface area contributed by atoms with E-state index in [2.05, 4.69) is 16.0 Å². The van der Waals surface area contributed by atoms with E-state index in [1.165, 1.54) is 11.3 Å². The molecule has 2 aromatic carbocycles. The highest BCUT2D eigenvalue weighted by Crippen LogP contribution is 2.29. The Labute approximate surface area is 137 Å². The van der Waals surface area contributed by atoms with Gasteiger partial charge in [-0.15, -0.1) is 11.3 Å². The predicted molar refractivity (Wildman–Crippen MR) is 93.4 cm³/mol. The number of para-hydroxylation sites is 1. The number of nitrogens with zero attached hydrogens (tertiary/aromatic N) is 2. The lowest BCUT2D eigenvalue weighted by atomic mass is 10.1. The SMILES string of the molecule is OC(c1ccccc1)c1nc(-c2cnc3ccccc3c2)cs1. The van der Waals surface area contributed by atoms with Gasteiger partial charge in [-0.1, -0.05) is 48.5 Å². The smallest absolute Gasteiger partial charge is 0.131 e. The fourth-order valence-electron chi connectivity index (χ4n) is 2.53. The quantitative estimate of drug-likeness (QED) is 0.607. The zero-order valence-corrected chi connectivity index (χ0v) is 13.1. The van der Waals surface area contributed by atoms with Crippen molar-refractivity contribution >= 4 is 22.2 Å². The van der Waals surface area contributed by atoms with E-state index >= 15 is 0 Å². The predicted octanol–water partition coefficient (Wildman–Crippen LogP) is 4.44. The lowest BCUT2D eigenvalue weighted by molar-refractivity contribution is 0.220.